The monoisotopic (exact) mass is 381 g/mol. The molecule has 0 aromatic carbocycles. The lowest BCUT2D eigenvalue weighted by molar-refractivity contribution is -0.0452. The number of rotatable bonds is 7. The van der Waals surface area contributed by atoms with Crippen molar-refractivity contribution >= 4 is 17.0 Å². The summed E-state index contributed by atoms with van der Waals surface area (Å²) in [5, 5.41) is 33.5. The molecule has 0 radical (unpaired) electrons. The second-order valence-corrected chi connectivity index (χ2v) is 7.25. The highest BCUT2D eigenvalue weighted by molar-refractivity contribution is 5.81. The predicted octanol–water partition coefficient (Wildman–Crippen LogP) is -1.69. The molecule has 2 aromatic rings. The van der Waals surface area contributed by atoms with Gasteiger partial charge in [0.05, 0.1) is 19.0 Å². The summed E-state index contributed by atoms with van der Waals surface area (Å²) in [6.07, 6.45) is -0.371. The summed E-state index contributed by atoms with van der Waals surface area (Å²) in [7, 11) is 0. The quantitative estimate of drug-likeness (QED) is 0.303. The fourth-order valence-corrected chi connectivity index (χ4v) is 3.36. The molecular formula is C16H27N7O4. The van der Waals surface area contributed by atoms with E-state index in [1.54, 1.807) is 4.57 Å². The number of hydrogen-bond acceptors (Lipinski definition) is 10. The fourth-order valence-electron chi connectivity index (χ4n) is 3.36. The van der Waals surface area contributed by atoms with Gasteiger partial charge in [-0.1, -0.05) is 13.8 Å². The minimum atomic E-state index is -1.07. The van der Waals surface area contributed by atoms with Gasteiger partial charge in [0, 0.05) is 6.04 Å². The first-order chi connectivity index (χ1) is 12.8. The maximum atomic E-state index is 10.6. The van der Waals surface area contributed by atoms with Gasteiger partial charge in [-0.3, -0.25) is 9.88 Å². The summed E-state index contributed by atoms with van der Waals surface area (Å²) in [4.78, 5) is 12.3. The highest BCUT2D eigenvalue weighted by Gasteiger charge is 2.46. The minimum Gasteiger partial charge on any atom is -0.394 e. The van der Waals surface area contributed by atoms with Gasteiger partial charge in [0.25, 0.3) is 0 Å². The van der Waals surface area contributed by atoms with E-state index >= 15 is 0 Å². The Morgan fingerprint density at radius 1 is 1.33 bits per heavy atom. The Balaban J connectivity index is 1.88. The average molecular weight is 381 g/mol. The van der Waals surface area contributed by atoms with Crippen LogP contribution in [0.5, 0.6) is 0 Å². The first kappa shape index (κ1) is 19.9. The van der Waals surface area contributed by atoms with Crippen molar-refractivity contribution in [1.29, 1.82) is 0 Å². The smallest absolute Gasteiger partial charge is 0.167 e. The van der Waals surface area contributed by atoms with Crippen LogP contribution in [0.25, 0.3) is 11.2 Å². The number of nitrogen functional groups attached to an aromatic ring is 1. The molecule has 11 nitrogen and oxygen atoms in total. The molecule has 6 atom stereocenters. The summed E-state index contributed by atoms with van der Waals surface area (Å²) < 4.78 is 7.38. The molecule has 0 amide bonds. The first-order valence-electron chi connectivity index (χ1n) is 8.90. The molecule has 0 saturated carbocycles. The van der Waals surface area contributed by atoms with Crippen molar-refractivity contribution in [2.24, 2.45) is 11.7 Å². The second kappa shape index (κ2) is 8.00. The van der Waals surface area contributed by atoms with Crippen molar-refractivity contribution in [3.05, 3.63) is 12.7 Å². The van der Waals surface area contributed by atoms with Gasteiger partial charge < -0.3 is 31.5 Å². The molecule has 3 heterocycles. The summed E-state index contributed by atoms with van der Waals surface area (Å²) in [5.74, 6) is 0.527. The molecule has 8 N–H and O–H groups in total. The molecule has 0 aliphatic carbocycles. The van der Waals surface area contributed by atoms with Crippen LogP contribution < -0.4 is 16.8 Å². The van der Waals surface area contributed by atoms with E-state index in [9.17, 15) is 15.3 Å². The number of aliphatic hydroxyl groups is 3. The van der Waals surface area contributed by atoms with E-state index in [2.05, 4.69) is 20.3 Å². The summed E-state index contributed by atoms with van der Waals surface area (Å²) in [6.45, 7) is 3.63. The van der Waals surface area contributed by atoms with E-state index in [4.69, 9.17) is 16.2 Å². The van der Waals surface area contributed by atoms with E-state index in [-0.39, 0.29) is 12.4 Å². The van der Waals surface area contributed by atoms with E-state index < -0.39 is 36.7 Å². The van der Waals surface area contributed by atoms with Crippen LogP contribution >= 0.6 is 0 Å². The van der Waals surface area contributed by atoms with Gasteiger partial charge in [0.1, 0.15) is 30.3 Å². The predicted molar refractivity (Wildman–Crippen MR) is 97.1 cm³/mol. The standard InChI is InChI=1S/C16H27N7O4/c1-7(2)3-8(17)15(26)22-10-12(25)9(4-24)27-16(10)23-6-21-11-13(18)19-5-20-14(11)23/h5-10,12,15-16,22,24-26H,3-4,17H2,1-2H3,(H2,18,19,20)/t8?,9-,10?,12+,15?,16-/m1/s1. The number of imidazole rings is 1. The molecule has 3 unspecified atom stereocenters. The lowest BCUT2D eigenvalue weighted by Gasteiger charge is -2.29. The van der Waals surface area contributed by atoms with Crippen LogP contribution in [-0.4, -0.2) is 72.0 Å². The molecule has 27 heavy (non-hydrogen) atoms. The molecule has 1 aliphatic heterocycles. The Kier molecular flexibility index (Phi) is 5.89. The highest BCUT2D eigenvalue weighted by atomic mass is 16.5. The molecular weight excluding hydrogens is 354 g/mol. The molecule has 0 bridgehead atoms. The van der Waals surface area contributed by atoms with Crippen LogP contribution in [0.15, 0.2) is 12.7 Å². The Hall–Kier alpha value is -1.89. The van der Waals surface area contributed by atoms with Gasteiger partial charge in [-0.2, -0.15) is 0 Å². The van der Waals surface area contributed by atoms with Crippen molar-refractivity contribution in [3.8, 4) is 0 Å². The van der Waals surface area contributed by atoms with Gasteiger partial charge in [0.15, 0.2) is 17.7 Å². The van der Waals surface area contributed by atoms with Crippen LogP contribution in [-0.2, 0) is 4.74 Å². The second-order valence-electron chi connectivity index (χ2n) is 7.25. The Morgan fingerprint density at radius 3 is 2.74 bits per heavy atom. The SMILES string of the molecule is CC(C)CC(N)C(O)NC1[C@@H](O)[C@@H](CO)O[C@H]1n1cnc2c(N)ncnc21. The molecule has 3 rings (SSSR count). The van der Waals surface area contributed by atoms with Crippen LogP contribution in [0.1, 0.15) is 26.5 Å². The molecule has 1 fully saturated rings. The molecule has 150 valence electrons. The zero-order valence-electron chi connectivity index (χ0n) is 15.3. The van der Waals surface area contributed by atoms with Gasteiger partial charge in [0.2, 0.25) is 0 Å². The molecule has 2 aromatic heterocycles. The third-order valence-corrected chi connectivity index (χ3v) is 4.72. The van der Waals surface area contributed by atoms with Crippen molar-refractivity contribution < 1.29 is 20.1 Å². The Morgan fingerprint density at radius 2 is 2.07 bits per heavy atom. The van der Waals surface area contributed by atoms with Crippen molar-refractivity contribution in [1.82, 2.24) is 24.8 Å². The lowest BCUT2D eigenvalue weighted by Crippen LogP contribution is -2.54. The average Bonchev–Trinajstić information content (AvgIpc) is 3.17. The van der Waals surface area contributed by atoms with Crippen LogP contribution in [0, 0.1) is 5.92 Å². The van der Waals surface area contributed by atoms with Crippen LogP contribution in [0.2, 0.25) is 0 Å². The maximum Gasteiger partial charge on any atom is 0.167 e. The number of nitrogens with two attached hydrogens (primary N) is 2. The topological polar surface area (TPSA) is 178 Å². The molecule has 11 heteroatoms. The van der Waals surface area contributed by atoms with Crippen molar-refractivity contribution in [3.63, 3.8) is 0 Å². The van der Waals surface area contributed by atoms with E-state index in [0.717, 1.165) is 0 Å². The number of ether oxygens (including phenoxy) is 1. The molecule has 1 saturated heterocycles. The third-order valence-electron chi connectivity index (χ3n) is 4.72. The van der Waals surface area contributed by atoms with E-state index in [1.807, 2.05) is 13.8 Å². The number of hydrogen-bond donors (Lipinski definition) is 6. The normalized spacial score (nSPS) is 28.1. The first-order valence-corrected chi connectivity index (χ1v) is 8.90. The van der Waals surface area contributed by atoms with E-state index in [0.29, 0.717) is 23.5 Å². The largest absolute Gasteiger partial charge is 0.394 e. The van der Waals surface area contributed by atoms with Gasteiger partial charge >= 0.3 is 0 Å². The number of nitrogens with zero attached hydrogens (tertiary/aromatic N) is 4. The highest BCUT2D eigenvalue weighted by Crippen LogP contribution is 2.32. The van der Waals surface area contributed by atoms with E-state index in [1.165, 1.54) is 12.7 Å². The van der Waals surface area contributed by atoms with Crippen LogP contribution in [0.4, 0.5) is 5.82 Å². The fraction of sp³-hybridized carbons (Fsp3) is 0.688. The van der Waals surface area contributed by atoms with Gasteiger partial charge in [-0.05, 0) is 12.3 Å². The molecule has 0 spiro atoms. The van der Waals surface area contributed by atoms with Gasteiger partial charge in [-0.25, -0.2) is 15.0 Å². The maximum absolute atomic E-state index is 10.6. The van der Waals surface area contributed by atoms with Crippen LogP contribution in [0.3, 0.4) is 0 Å². The minimum absolute atomic E-state index is 0.222. The number of anilines is 1. The number of aliphatic hydroxyl groups excluding tert-OH is 3. The van der Waals surface area contributed by atoms with Gasteiger partial charge in [-0.15, -0.1) is 0 Å². The summed E-state index contributed by atoms with van der Waals surface area (Å²) in [6, 6.07) is -1.27. The number of fused-ring (bicyclic) bond motifs is 1. The number of nitrogens with one attached hydrogen (secondary N) is 1. The zero-order chi connectivity index (χ0) is 19.7. The third kappa shape index (κ3) is 3.88. The lowest BCUT2D eigenvalue weighted by atomic mass is 10.0. The Bertz CT molecular complexity index is 770. The number of aromatic nitrogens is 4. The zero-order valence-corrected chi connectivity index (χ0v) is 15.3. The molecule has 1 aliphatic rings. The van der Waals surface area contributed by atoms with Crippen molar-refractivity contribution in [2.45, 2.75) is 57.0 Å². The van der Waals surface area contributed by atoms with Crippen molar-refractivity contribution in [2.75, 3.05) is 12.3 Å². The summed E-state index contributed by atoms with van der Waals surface area (Å²) in [5.41, 5.74) is 12.7. The Labute approximate surface area is 156 Å². The summed E-state index contributed by atoms with van der Waals surface area (Å²) >= 11 is 0.